The van der Waals surface area contributed by atoms with Crippen LogP contribution >= 0.6 is 0 Å². The summed E-state index contributed by atoms with van der Waals surface area (Å²) < 4.78 is 14.3. The van der Waals surface area contributed by atoms with Gasteiger partial charge in [-0.2, -0.15) is 0 Å². The van der Waals surface area contributed by atoms with Crippen LogP contribution in [0.3, 0.4) is 0 Å². The number of hydrogen-bond donors (Lipinski definition) is 0. The molecule has 0 bridgehead atoms. The van der Waals surface area contributed by atoms with Crippen molar-refractivity contribution >= 4 is 0 Å². The predicted octanol–water partition coefficient (Wildman–Crippen LogP) is 10.9. The summed E-state index contributed by atoms with van der Waals surface area (Å²) in [5.41, 5.74) is 5.63. The van der Waals surface area contributed by atoms with Gasteiger partial charge in [0.2, 0.25) is 0 Å². The summed E-state index contributed by atoms with van der Waals surface area (Å²) in [7, 11) is 0. The van der Waals surface area contributed by atoms with Crippen molar-refractivity contribution in [3.63, 3.8) is 0 Å². The highest BCUT2D eigenvalue weighted by molar-refractivity contribution is 5.49. The third-order valence-electron chi connectivity index (χ3n) is 10.4. The number of unbranched alkanes of at least 4 members (excludes halogenated alkanes) is 1. The summed E-state index contributed by atoms with van der Waals surface area (Å²) in [4.78, 5) is 12.3. The minimum atomic E-state index is -0.00789. The lowest BCUT2D eigenvalue weighted by Crippen LogP contribution is -2.52. The molecule has 2 heterocycles. The molecule has 3 aliphatic rings. The average molecular weight is 600 g/mol. The van der Waals surface area contributed by atoms with E-state index in [9.17, 15) is 4.39 Å². The number of allylic oxidation sites excluding steroid dienone is 7. The number of halogens is 1. The molecule has 44 heavy (non-hydrogen) atoms. The van der Waals surface area contributed by atoms with Crippen molar-refractivity contribution in [2.75, 3.05) is 13.1 Å². The van der Waals surface area contributed by atoms with Gasteiger partial charge in [0.15, 0.2) is 0 Å². The molecule has 1 aromatic carbocycles. The van der Waals surface area contributed by atoms with Crippen molar-refractivity contribution in [3.8, 4) is 0 Å². The Morgan fingerprint density at radius 1 is 1.02 bits per heavy atom. The van der Waals surface area contributed by atoms with Gasteiger partial charge >= 0.3 is 0 Å². The molecule has 1 aliphatic heterocycles. The number of rotatable bonds is 10. The monoisotopic (exact) mass is 599 g/mol. The second-order valence-electron chi connectivity index (χ2n) is 13.0. The molecule has 3 nitrogen and oxygen atoms in total. The van der Waals surface area contributed by atoms with Crippen LogP contribution in [-0.2, 0) is 5.41 Å². The molecule has 4 heteroatoms. The van der Waals surface area contributed by atoms with Crippen LogP contribution in [0.1, 0.15) is 118 Å². The van der Waals surface area contributed by atoms with Gasteiger partial charge in [-0.15, -0.1) is 0 Å². The van der Waals surface area contributed by atoms with Gasteiger partial charge in [-0.3, -0.25) is 4.90 Å². The van der Waals surface area contributed by atoms with Gasteiger partial charge in [0.25, 0.3) is 0 Å². The second-order valence-corrected chi connectivity index (χ2v) is 13.0. The van der Waals surface area contributed by atoms with Gasteiger partial charge < -0.3 is 0 Å². The molecule has 2 aromatic rings. The normalized spacial score (nSPS) is 24.6. The molecule has 0 saturated carbocycles. The number of piperidine rings is 1. The maximum atomic E-state index is 14.3. The van der Waals surface area contributed by atoms with Crippen molar-refractivity contribution in [1.82, 2.24) is 14.9 Å². The number of hydrogen-bond acceptors (Lipinski definition) is 3. The minimum absolute atomic E-state index is 0. The van der Waals surface area contributed by atoms with E-state index in [0.29, 0.717) is 24.3 Å². The van der Waals surface area contributed by atoms with E-state index in [2.05, 4.69) is 75.1 Å². The number of likely N-dealkylation sites (tertiary alicyclic amines) is 1. The minimum Gasteiger partial charge on any atom is -0.299 e. The molecule has 1 aromatic heterocycles. The van der Waals surface area contributed by atoms with Crippen LogP contribution in [-0.4, -0.2) is 34.0 Å². The van der Waals surface area contributed by atoms with E-state index in [1.807, 2.05) is 24.5 Å². The van der Waals surface area contributed by atoms with E-state index in [4.69, 9.17) is 9.97 Å². The highest BCUT2D eigenvalue weighted by atomic mass is 19.1. The van der Waals surface area contributed by atoms with E-state index >= 15 is 0 Å². The Labute approximate surface area is 268 Å². The van der Waals surface area contributed by atoms with Crippen LogP contribution in [0.4, 0.5) is 4.39 Å². The Morgan fingerprint density at radius 3 is 2.48 bits per heavy atom. The Bertz CT molecular complexity index is 1290. The zero-order valence-electron chi connectivity index (χ0n) is 26.2. The average Bonchev–Trinajstić information content (AvgIpc) is 3.21. The van der Waals surface area contributed by atoms with Gasteiger partial charge in [0, 0.05) is 42.7 Å². The van der Waals surface area contributed by atoms with Crippen molar-refractivity contribution in [3.05, 3.63) is 107 Å². The van der Waals surface area contributed by atoms with Crippen LogP contribution in [0.5, 0.6) is 0 Å². The topological polar surface area (TPSA) is 29.0 Å². The maximum Gasteiger partial charge on any atom is 0.135 e. The molecule has 1 saturated heterocycles. The van der Waals surface area contributed by atoms with Gasteiger partial charge in [-0.05, 0) is 92.7 Å². The Morgan fingerprint density at radius 2 is 1.77 bits per heavy atom. The lowest BCUT2D eigenvalue weighted by Gasteiger charge is -2.48. The fourth-order valence-corrected chi connectivity index (χ4v) is 7.93. The zero-order chi connectivity index (χ0) is 29.5. The van der Waals surface area contributed by atoms with Gasteiger partial charge in [-0.1, -0.05) is 103 Å². The van der Waals surface area contributed by atoms with Crippen molar-refractivity contribution in [1.29, 1.82) is 0 Å². The van der Waals surface area contributed by atoms with E-state index in [1.54, 1.807) is 6.08 Å². The molecule has 0 spiro atoms. The lowest BCUT2D eigenvalue weighted by atomic mass is 9.68. The fourth-order valence-electron chi connectivity index (χ4n) is 7.93. The SMILES string of the molecule is C.C.CCCCC(CC)(c1ccccc1)C(C)N1CCCC(C2=CC(C3=CC=C(F)CC(C)C3)=CCC2c2ncccn2)C1. The molecular formula is C40H58FN3. The van der Waals surface area contributed by atoms with Crippen LogP contribution in [0, 0.1) is 11.8 Å². The molecule has 0 N–H and O–H groups in total. The van der Waals surface area contributed by atoms with Gasteiger partial charge in [-0.25, -0.2) is 14.4 Å². The van der Waals surface area contributed by atoms with Gasteiger partial charge in [0.1, 0.15) is 11.7 Å². The van der Waals surface area contributed by atoms with Gasteiger partial charge in [0.05, 0.1) is 0 Å². The second kappa shape index (κ2) is 16.5. The van der Waals surface area contributed by atoms with Crippen molar-refractivity contribution in [2.45, 2.75) is 118 Å². The number of nitrogens with zero attached hydrogens (tertiary/aromatic N) is 3. The first-order valence-corrected chi connectivity index (χ1v) is 16.5. The zero-order valence-corrected chi connectivity index (χ0v) is 26.2. The molecule has 5 unspecified atom stereocenters. The molecule has 1 fully saturated rings. The summed E-state index contributed by atoms with van der Waals surface area (Å²) in [5, 5.41) is 0. The third kappa shape index (κ3) is 7.86. The third-order valence-corrected chi connectivity index (χ3v) is 10.4. The predicted molar refractivity (Wildman–Crippen MR) is 186 cm³/mol. The first kappa shape index (κ1) is 35.6. The summed E-state index contributed by atoms with van der Waals surface area (Å²) in [5.74, 6) is 1.86. The van der Waals surface area contributed by atoms with Crippen LogP contribution in [0.2, 0.25) is 0 Å². The van der Waals surface area contributed by atoms with E-state index in [1.165, 1.54) is 54.4 Å². The van der Waals surface area contributed by atoms with E-state index < -0.39 is 0 Å². The van der Waals surface area contributed by atoms with E-state index in [-0.39, 0.29) is 32.0 Å². The highest BCUT2D eigenvalue weighted by Gasteiger charge is 2.41. The fraction of sp³-hybridized carbons (Fsp3) is 0.550. The Kier molecular flexibility index (Phi) is 13.3. The molecule has 5 atom stereocenters. The largest absolute Gasteiger partial charge is 0.299 e. The maximum absolute atomic E-state index is 14.3. The van der Waals surface area contributed by atoms with Crippen molar-refractivity contribution < 1.29 is 4.39 Å². The van der Waals surface area contributed by atoms with E-state index in [0.717, 1.165) is 38.2 Å². The van der Waals surface area contributed by atoms with Crippen LogP contribution < -0.4 is 0 Å². The summed E-state index contributed by atoms with van der Waals surface area (Å²) >= 11 is 0. The molecule has 5 rings (SSSR count). The number of aromatic nitrogens is 2. The quantitative estimate of drug-likeness (QED) is 0.272. The molecular weight excluding hydrogens is 541 g/mol. The number of benzene rings is 1. The summed E-state index contributed by atoms with van der Waals surface area (Å²) in [6, 6.07) is 13.7. The smallest absolute Gasteiger partial charge is 0.135 e. The van der Waals surface area contributed by atoms with Crippen LogP contribution in [0.15, 0.2) is 95.6 Å². The van der Waals surface area contributed by atoms with Crippen molar-refractivity contribution in [2.24, 2.45) is 11.8 Å². The molecule has 240 valence electrons. The Balaban J connectivity index is 0.00000264. The first-order chi connectivity index (χ1) is 20.4. The Hall–Kier alpha value is -2.85. The summed E-state index contributed by atoms with van der Waals surface area (Å²) in [6.07, 6.45) is 21.8. The molecule has 0 amide bonds. The highest BCUT2D eigenvalue weighted by Crippen LogP contribution is 2.45. The van der Waals surface area contributed by atoms with Crippen LogP contribution in [0.25, 0.3) is 0 Å². The lowest BCUT2D eigenvalue weighted by molar-refractivity contribution is 0.0777. The first-order valence-electron chi connectivity index (χ1n) is 16.5. The molecule has 2 aliphatic carbocycles. The summed E-state index contributed by atoms with van der Waals surface area (Å²) in [6.45, 7) is 11.6. The standard InChI is InChI=1S/C38H50FN3.2CH4/c1-5-7-20-38(6-2,33-14-9-8-10-15-33)29(4)42-23-11-13-32(27-42)36-26-31(30-16-18-34(39)25-28(3)24-30)17-19-35(36)37-40-21-12-22-41-37;;/h8-10,12,14-18,21-22,26,28-29,32,35H,5-7,11,13,19-20,23-25,27H2,1-4H3;2*1H4. The molecule has 0 radical (unpaired) electrons.